The van der Waals surface area contributed by atoms with Gasteiger partial charge in [-0.1, -0.05) is 0 Å². The van der Waals surface area contributed by atoms with Crippen LogP contribution in [0, 0.1) is 5.92 Å². The van der Waals surface area contributed by atoms with Crippen LogP contribution in [0.5, 0.6) is 0 Å². The van der Waals surface area contributed by atoms with Crippen molar-refractivity contribution in [2.45, 2.75) is 19.4 Å². The lowest BCUT2D eigenvalue weighted by Crippen LogP contribution is -2.51. The van der Waals surface area contributed by atoms with Crippen LogP contribution in [-0.4, -0.2) is 67.4 Å². The van der Waals surface area contributed by atoms with Crippen molar-refractivity contribution in [1.82, 2.24) is 21.3 Å². The predicted molar refractivity (Wildman–Crippen MR) is 102 cm³/mol. The molecule has 0 aliphatic heterocycles. The third kappa shape index (κ3) is 10.9. The summed E-state index contributed by atoms with van der Waals surface area (Å²) in [7, 11) is 0. The first-order valence-electron chi connectivity index (χ1n) is 7.86. The fourth-order valence-electron chi connectivity index (χ4n) is 1.78. The molecule has 0 saturated heterocycles. The largest absolute Gasteiger partial charge is 0.356 e. The summed E-state index contributed by atoms with van der Waals surface area (Å²) in [5, 5.41) is 10.1. The molecular formula is C14H27N5O4S2. The fourth-order valence-corrected chi connectivity index (χ4v) is 2.33. The summed E-state index contributed by atoms with van der Waals surface area (Å²) in [6, 6.07) is -0.742. The minimum absolute atomic E-state index is 0.135. The molecule has 0 aromatic heterocycles. The SMILES string of the molecule is CC(=O)NCC(CS)C(=O)NCC(=O)N[C@@H](CCS)C(=O)NCCN. The second-order valence-corrected chi connectivity index (χ2v) is 6.06. The first-order valence-corrected chi connectivity index (χ1v) is 9.13. The van der Waals surface area contributed by atoms with Gasteiger partial charge in [0.05, 0.1) is 12.5 Å². The van der Waals surface area contributed by atoms with Gasteiger partial charge < -0.3 is 27.0 Å². The number of thiol groups is 2. The zero-order chi connectivity index (χ0) is 19.2. The quantitative estimate of drug-likeness (QED) is 0.186. The second kappa shape index (κ2) is 13.8. The Morgan fingerprint density at radius 1 is 1.04 bits per heavy atom. The molecule has 0 aromatic rings. The summed E-state index contributed by atoms with van der Waals surface area (Å²) in [5.74, 6) is -1.43. The Morgan fingerprint density at radius 2 is 1.72 bits per heavy atom. The number of hydrogen-bond acceptors (Lipinski definition) is 7. The van der Waals surface area contributed by atoms with E-state index < -0.39 is 23.8 Å². The minimum atomic E-state index is -0.742. The summed E-state index contributed by atoms with van der Waals surface area (Å²) in [5.41, 5.74) is 5.32. The number of nitrogens with two attached hydrogens (primary N) is 1. The lowest BCUT2D eigenvalue weighted by molar-refractivity contribution is -0.130. The maximum atomic E-state index is 12.0. The van der Waals surface area contributed by atoms with Crippen LogP contribution in [0.25, 0.3) is 0 Å². The van der Waals surface area contributed by atoms with Crippen molar-refractivity contribution in [2.75, 3.05) is 37.7 Å². The molecule has 1 unspecified atom stereocenters. The average Bonchev–Trinajstić information content (AvgIpc) is 2.57. The molecular weight excluding hydrogens is 366 g/mol. The number of carbonyl (C=O) groups is 4. The van der Waals surface area contributed by atoms with Gasteiger partial charge in [0.25, 0.3) is 0 Å². The molecule has 0 fully saturated rings. The lowest BCUT2D eigenvalue weighted by Gasteiger charge is -2.18. The van der Waals surface area contributed by atoms with Gasteiger partial charge in [0.1, 0.15) is 6.04 Å². The van der Waals surface area contributed by atoms with Crippen molar-refractivity contribution in [3.63, 3.8) is 0 Å². The van der Waals surface area contributed by atoms with E-state index in [4.69, 9.17) is 5.73 Å². The zero-order valence-corrected chi connectivity index (χ0v) is 16.0. The Balaban J connectivity index is 4.42. The Bertz CT molecular complexity index is 465. The molecule has 6 N–H and O–H groups in total. The molecule has 0 saturated carbocycles. The fraction of sp³-hybridized carbons (Fsp3) is 0.714. The van der Waals surface area contributed by atoms with Gasteiger partial charge in [0.2, 0.25) is 23.6 Å². The highest BCUT2D eigenvalue weighted by molar-refractivity contribution is 7.80. The van der Waals surface area contributed by atoms with E-state index in [2.05, 4.69) is 46.5 Å². The van der Waals surface area contributed by atoms with Crippen molar-refractivity contribution in [3.8, 4) is 0 Å². The number of carbonyl (C=O) groups excluding carboxylic acids is 4. The van der Waals surface area contributed by atoms with Crippen LogP contribution < -0.4 is 27.0 Å². The number of hydrogen-bond donors (Lipinski definition) is 7. The molecule has 144 valence electrons. The molecule has 9 nitrogen and oxygen atoms in total. The van der Waals surface area contributed by atoms with E-state index in [1.54, 1.807) is 0 Å². The Hall–Kier alpha value is -1.46. The highest BCUT2D eigenvalue weighted by atomic mass is 32.1. The molecule has 0 aliphatic rings. The highest BCUT2D eigenvalue weighted by Crippen LogP contribution is 1.98. The van der Waals surface area contributed by atoms with Crippen LogP contribution in [-0.2, 0) is 19.2 Å². The van der Waals surface area contributed by atoms with Crippen molar-refractivity contribution in [2.24, 2.45) is 11.7 Å². The molecule has 0 heterocycles. The monoisotopic (exact) mass is 393 g/mol. The molecule has 0 aliphatic carbocycles. The van der Waals surface area contributed by atoms with Crippen LogP contribution in [0.2, 0.25) is 0 Å². The van der Waals surface area contributed by atoms with Gasteiger partial charge in [-0.05, 0) is 12.2 Å². The van der Waals surface area contributed by atoms with Gasteiger partial charge in [0, 0.05) is 32.3 Å². The molecule has 11 heteroatoms. The van der Waals surface area contributed by atoms with E-state index in [1.165, 1.54) is 6.92 Å². The third-order valence-electron chi connectivity index (χ3n) is 3.12. The summed E-state index contributed by atoms with van der Waals surface area (Å²) in [6.45, 7) is 1.80. The van der Waals surface area contributed by atoms with E-state index in [9.17, 15) is 19.2 Å². The first kappa shape index (κ1) is 23.5. The van der Waals surface area contributed by atoms with Gasteiger partial charge in [-0.2, -0.15) is 25.3 Å². The lowest BCUT2D eigenvalue weighted by atomic mass is 10.1. The van der Waals surface area contributed by atoms with Crippen molar-refractivity contribution >= 4 is 48.9 Å². The van der Waals surface area contributed by atoms with Crippen molar-refractivity contribution in [1.29, 1.82) is 0 Å². The first-order chi connectivity index (χ1) is 11.8. The molecule has 0 aromatic carbocycles. The predicted octanol–water partition coefficient (Wildman–Crippen LogP) is -2.34. The van der Waals surface area contributed by atoms with Crippen LogP contribution in [0.3, 0.4) is 0 Å². The van der Waals surface area contributed by atoms with Crippen molar-refractivity contribution in [3.05, 3.63) is 0 Å². The standard InChI is InChI=1S/C14H27N5O4S2/c1-9(20)17-6-10(8-25)13(22)18-7-12(21)19-11(2-5-24)14(23)16-4-3-15/h10-11,24-25H,2-8,15H2,1H3,(H,16,23)(H,17,20)(H,18,22)(H,19,21)/t10?,11-/m0/s1. The van der Waals surface area contributed by atoms with E-state index in [1.807, 2.05) is 0 Å². The Labute approximate surface area is 158 Å². The van der Waals surface area contributed by atoms with Gasteiger partial charge >= 0.3 is 0 Å². The van der Waals surface area contributed by atoms with E-state index in [0.717, 1.165) is 0 Å². The smallest absolute Gasteiger partial charge is 0.242 e. The summed E-state index contributed by atoms with van der Waals surface area (Å²) in [6.07, 6.45) is 0.348. The van der Waals surface area contributed by atoms with Crippen LogP contribution >= 0.6 is 25.3 Å². The maximum Gasteiger partial charge on any atom is 0.242 e. The van der Waals surface area contributed by atoms with Crippen LogP contribution in [0.4, 0.5) is 0 Å². The van der Waals surface area contributed by atoms with Crippen molar-refractivity contribution < 1.29 is 19.2 Å². The van der Waals surface area contributed by atoms with Gasteiger partial charge in [0.15, 0.2) is 0 Å². The topological polar surface area (TPSA) is 142 Å². The summed E-state index contributed by atoms with van der Waals surface area (Å²) < 4.78 is 0. The van der Waals surface area contributed by atoms with Crippen LogP contribution in [0.15, 0.2) is 0 Å². The normalized spacial score (nSPS) is 12.6. The van der Waals surface area contributed by atoms with E-state index in [0.29, 0.717) is 25.3 Å². The molecule has 0 bridgehead atoms. The Kier molecular flexibility index (Phi) is 13.0. The maximum absolute atomic E-state index is 12.0. The van der Waals surface area contributed by atoms with Crippen LogP contribution in [0.1, 0.15) is 13.3 Å². The second-order valence-electron chi connectivity index (χ2n) is 5.25. The summed E-state index contributed by atoms with van der Waals surface area (Å²) in [4.78, 5) is 46.7. The molecule has 0 rings (SSSR count). The van der Waals surface area contributed by atoms with E-state index >= 15 is 0 Å². The molecule has 2 atom stereocenters. The minimum Gasteiger partial charge on any atom is -0.356 e. The van der Waals surface area contributed by atoms with Gasteiger partial charge in [-0.15, -0.1) is 0 Å². The molecule has 4 amide bonds. The number of rotatable bonds is 12. The average molecular weight is 394 g/mol. The van der Waals surface area contributed by atoms with Gasteiger partial charge in [-0.25, -0.2) is 0 Å². The number of amides is 4. The zero-order valence-electron chi connectivity index (χ0n) is 14.2. The molecule has 0 spiro atoms. The summed E-state index contributed by atoms with van der Waals surface area (Å²) >= 11 is 8.12. The molecule has 25 heavy (non-hydrogen) atoms. The van der Waals surface area contributed by atoms with Gasteiger partial charge in [-0.3, -0.25) is 19.2 Å². The third-order valence-corrected chi connectivity index (χ3v) is 3.82. The number of nitrogens with one attached hydrogen (secondary N) is 4. The van der Waals surface area contributed by atoms with E-state index in [-0.39, 0.29) is 30.7 Å². The molecule has 0 radical (unpaired) electrons. The highest BCUT2D eigenvalue weighted by Gasteiger charge is 2.21. The Morgan fingerprint density at radius 3 is 2.24 bits per heavy atom.